The first kappa shape index (κ1) is 13.0. The van der Waals surface area contributed by atoms with Gasteiger partial charge in [-0.05, 0) is 29.8 Å². The number of nitrogens with one attached hydrogen (secondary N) is 1. The van der Waals surface area contributed by atoms with Crippen molar-refractivity contribution in [1.82, 2.24) is 0 Å². The summed E-state index contributed by atoms with van der Waals surface area (Å²) in [5, 5.41) is 3.44. The monoisotopic (exact) mass is 304 g/mol. The van der Waals surface area contributed by atoms with Gasteiger partial charge in [0.25, 0.3) is 0 Å². The highest BCUT2D eigenvalue weighted by Gasteiger charge is 2.00. The Labute approximate surface area is 117 Å². The largest absolute Gasteiger partial charge is 0.381 e. The topological polar surface area (TPSA) is 15.3 Å². The predicted molar refractivity (Wildman–Crippen MR) is 82.2 cm³/mol. The molecule has 0 saturated heterocycles. The molecule has 18 heavy (non-hydrogen) atoms. The molecule has 94 valence electrons. The molecule has 2 aromatic rings. The van der Waals surface area contributed by atoms with E-state index in [9.17, 15) is 0 Å². The number of nitrogens with zero attached hydrogens (tertiary/aromatic N) is 1. The minimum atomic E-state index is 0.818. The van der Waals surface area contributed by atoms with Crippen molar-refractivity contribution in [3.05, 3.63) is 58.6 Å². The molecule has 0 aliphatic heterocycles. The normalized spacial score (nSPS) is 10.2. The SMILES string of the molecule is CN(C)c1cccc(NCc2ccccc2Br)c1. The Hall–Kier alpha value is -1.48. The molecule has 0 atom stereocenters. The van der Waals surface area contributed by atoms with Crippen LogP contribution >= 0.6 is 15.9 Å². The fourth-order valence-corrected chi connectivity index (χ4v) is 2.16. The second-order valence-electron chi connectivity index (χ2n) is 4.39. The van der Waals surface area contributed by atoms with Crippen LogP contribution in [0.25, 0.3) is 0 Å². The Bertz CT molecular complexity index is 523. The van der Waals surface area contributed by atoms with E-state index in [0.717, 1.165) is 16.7 Å². The van der Waals surface area contributed by atoms with Gasteiger partial charge in [-0.15, -0.1) is 0 Å². The molecule has 3 heteroatoms. The minimum absolute atomic E-state index is 0.818. The molecule has 2 nitrogen and oxygen atoms in total. The third-order valence-electron chi connectivity index (χ3n) is 2.80. The van der Waals surface area contributed by atoms with Gasteiger partial charge in [0, 0.05) is 36.5 Å². The summed E-state index contributed by atoms with van der Waals surface area (Å²) in [7, 11) is 4.10. The average molecular weight is 305 g/mol. The molecule has 0 bridgehead atoms. The van der Waals surface area contributed by atoms with Gasteiger partial charge in [-0.1, -0.05) is 40.2 Å². The van der Waals surface area contributed by atoms with E-state index in [0.29, 0.717) is 0 Å². The zero-order chi connectivity index (χ0) is 13.0. The van der Waals surface area contributed by atoms with E-state index in [4.69, 9.17) is 0 Å². The van der Waals surface area contributed by atoms with Crippen molar-refractivity contribution in [2.24, 2.45) is 0 Å². The molecule has 0 heterocycles. The first-order valence-electron chi connectivity index (χ1n) is 5.91. The lowest BCUT2D eigenvalue weighted by Crippen LogP contribution is -2.09. The zero-order valence-electron chi connectivity index (χ0n) is 10.7. The maximum absolute atomic E-state index is 3.56. The molecule has 0 radical (unpaired) electrons. The van der Waals surface area contributed by atoms with Crippen LogP contribution in [0.1, 0.15) is 5.56 Å². The van der Waals surface area contributed by atoms with Gasteiger partial charge in [0.1, 0.15) is 0 Å². The lowest BCUT2D eigenvalue weighted by molar-refractivity contribution is 1.11. The molecular formula is C15H17BrN2. The Kier molecular flexibility index (Phi) is 4.26. The number of benzene rings is 2. The van der Waals surface area contributed by atoms with E-state index in [1.54, 1.807) is 0 Å². The molecule has 2 rings (SSSR count). The first-order chi connectivity index (χ1) is 8.66. The van der Waals surface area contributed by atoms with Gasteiger partial charge >= 0.3 is 0 Å². The lowest BCUT2D eigenvalue weighted by atomic mass is 10.2. The summed E-state index contributed by atoms with van der Waals surface area (Å²) < 4.78 is 1.14. The number of halogens is 1. The molecule has 0 unspecified atom stereocenters. The molecule has 0 amide bonds. The van der Waals surface area contributed by atoms with E-state index in [1.807, 2.05) is 20.2 Å². The third-order valence-corrected chi connectivity index (χ3v) is 3.58. The van der Waals surface area contributed by atoms with E-state index in [1.165, 1.54) is 11.3 Å². The summed E-state index contributed by atoms with van der Waals surface area (Å²) in [4.78, 5) is 2.10. The van der Waals surface area contributed by atoms with Gasteiger partial charge in [0.2, 0.25) is 0 Å². The molecule has 0 fully saturated rings. The van der Waals surface area contributed by atoms with Crippen LogP contribution in [-0.4, -0.2) is 14.1 Å². The molecule has 0 spiro atoms. The highest BCUT2D eigenvalue weighted by molar-refractivity contribution is 9.10. The standard InChI is InChI=1S/C15H17BrN2/c1-18(2)14-8-5-7-13(10-14)17-11-12-6-3-4-9-15(12)16/h3-10,17H,11H2,1-2H3. The van der Waals surface area contributed by atoms with Crippen LogP contribution in [0.3, 0.4) is 0 Å². The fourth-order valence-electron chi connectivity index (χ4n) is 1.73. The van der Waals surface area contributed by atoms with Gasteiger partial charge in [0.15, 0.2) is 0 Å². The zero-order valence-corrected chi connectivity index (χ0v) is 12.2. The number of rotatable bonds is 4. The minimum Gasteiger partial charge on any atom is -0.381 e. The van der Waals surface area contributed by atoms with Crippen LogP contribution in [0, 0.1) is 0 Å². The van der Waals surface area contributed by atoms with Crippen LogP contribution < -0.4 is 10.2 Å². The second kappa shape index (κ2) is 5.91. The number of hydrogen-bond acceptors (Lipinski definition) is 2. The van der Waals surface area contributed by atoms with Crippen molar-refractivity contribution < 1.29 is 0 Å². The average Bonchev–Trinajstić information content (AvgIpc) is 2.38. The van der Waals surface area contributed by atoms with Crippen molar-refractivity contribution in [2.45, 2.75) is 6.54 Å². The quantitative estimate of drug-likeness (QED) is 0.914. The van der Waals surface area contributed by atoms with Gasteiger partial charge in [-0.2, -0.15) is 0 Å². The van der Waals surface area contributed by atoms with E-state index >= 15 is 0 Å². The van der Waals surface area contributed by atoms with Crippen LogP contribution in [0.5, 0.6) is 0 Å². The highest BCUT2D eigenvalue weighted by atomic mass is 79.9. The van der Waals surface area contributed by atoms with Gasteiger partial charge in [-0.25, -0.2) is 0 Å². The molecule has 1 N–H and O–H groups in total. The van der Waals surface area contributed by atoms with Gasteiger partial charge < -0.3 is 10.2 Å². The summed E-state index contributed by atoms with van der Waals surface area (Å²) in [5.41, 5.74) is 3.59. The maximum atomic E-state index is 3.56. The summed E-state index contributed by atoms with van der Waals surface area (Å²) in [6.07, 6.45) is 0. The maximum Gasteiger partial charge on any atom is 0.0411 e. The van der Waals surface area contributed by atoms with Crippen molar-refractivity contribution in [1.29, 1.82) is 0 Å². The smallest absolute Gasteiger partial charge is 0.0411 e. The van der Waals surface area contributed by atoms with Gasteiger partial charge in [0.05, 0.1) is 0 Å². The fraction of sp³-hybridized carbons (Fsp3) is 0.200. The molecule has 0 aliphatic rings. The summed E-state index contributed by atoms with van der Waals surface area (Å²) >= 11 is 3.56. The molecule has 2 aromatic carbocycles. The third kappa shape index (κ3) is 3.26. The van der Waals surface area contributed by atoms with E-state index in [2.05, 4.69) is 68.6 Å². The van der Waals surface area contributed by atoms with Crippen LogP contribution in [0.4, 0.5) is 11.4 Å². The van der Waals surface area contributed by atoms with Crippen LogP contribution in [0.15, 0.2) is 53.0 Å². The Morgan fingerprint density at radius 1 is 1.06 bits per heavy atom. The van der Waals surface area contributed by atoms with Crippen LogP contribution in [0.2, 0.25) is 0 Å². The Morgan fingerprint density at radius 2 is 1.83 bits per heavy atom. The Morgan fingerprint density at radius 3 is 2.56 bits per heavy atom. The second-order valence-corrected chi connectivity index (χ2v) is 5.24. The van der Waals surface area contributed by atoms with Gasteiger partial charge in [-0.3, -0.25) is 0 Å². The summed E-state index contributed by atoms with van der Waals surface area (Å²) in [6.45, 7) is 0.818. The van der Waals surface area contributed by atoms with Crippen molar-refractivity contribution >= 4 is 27.3 Å². The van der Waals surface area contributed by atoms with E-state index in [-0.39, 0.29) is 0 Å². The predicted octanol–water partition coefficient (Wildman–Crippen LogP) is 4.13. The lowest BCUT2D eigenvalue weighted by Gasteiger charge is -2.14. The molecule has 0 saturated carbocycles. The van der Waals surface area contributed by atoms with Crippen molar-refractivity contribution in [3.8, 4) is 0 Å². The Balaban J connectivity index is 2.07. The van der Waals surface area contributed by atoms with Crippen LogP contribution in [-0.2, 0) is 6.54 Å². The van der Waals surface area contributed by atoms with Crippen molar-refractivity contribution in [2.75, 3.05) is 24.3 Å². The molecule has 0 aromatic heterocycles. The summed E-state index contributed by atoms with van der Waals surface area (Å²) in [5.74, 6) is 0. The number of hydrogen-bond donors (Lipinski definition) is 1. The molecule has 0 aliphatic carbocycles. The highest BCUT2D eigenvalue weighted by Crippen LogP contribution is 2.20. The van der Waals surface area contributed by atoms with E-state index < -0.39 is 0 Å². The first-order valence-corrected chi connectivity index (χ1v) is 6.71. The summed E-state index contributed by atoms with van der Waals surface area (Å²) in [6, 6.07) is 16.7. The van der Waals surface area contributed by atoms with Crippen molar-refractivity contribution in [3.63, 3.8) is 0 Å². The molecular weight excluding hydrogens is 288 g/mol. The number of anilines is 2.